The molecule has 0 amide bonds. The lowest BCUT2D eigenvalue weighted by Crippen LogP contribution is -2.16. The Balaban J connectivity index is 2.64. The van der Waals surface area contributed by atoms with Crippen LogP contribution in [0.15, 0.2) is 48.5 Å². The molecule has 0 aliphatic rings. The molecular formula is C14H12N2O4. The Kier molecular flexibility index (Phi) is 3.65. The van der Waals surface area contributed by atoms with Gasteiger partial charge in [0, 0.05) is 18.8 Å². The number of aromatic carboxylic acids is 1. The van der Waals surface area contributed by atoms with Crippen LogP contribution in [0, 0.1) is 10.1 Å². The first-order valence-electron chi connectivity index (χ1n) is 5.82. The minimum Gasteiger partial charge on any atom is -0.478 e. The van der Waals surface area contributed by atoms with E-state index in [0.29, 0.717) is 5.69 Å². The van der Waals surface area contributed by atoms with Crippen molar-refractivity contribution < 1.29 is 14.8 Å². The minimum absolute atomic E-state index is 0.0659. The molecule has 0 saturated heterocycles. The summed E-state index contributed by atoms with van der Waals surface area (Å²) >= 11 is 0. The van der Waals surface area contributed by atoms with Crippen molar-refractivity contribution in [2.45, 2.75) is 0 Å². The van der Waals surface area contributed by atoms with Gasteiger partial charge in [-0.25, -0.2) is 4.79 Å². The molecule has 2 aromatic rings. The number of hydrogen-bond acceptors (Lipinski definition) is 4. The summed E-state index contributed by atoms with van der Waals surface area (Å²) in [5.41, 5.74) is 0.391. The van der Waals surface area contributed by atoms with Crippen molar-refractivity contribution in [3.63, 3.8) is 0 Å². The Morgan fingerprint density at radius 3 is 2.35 bits per heavy atom. The van der Waals surface area contributed by atoms with Crippen molar-refractivity contribution in [3.8, 4) is 0 Å². The average molecular weight is 272 g/mol. The molecule has 0 aliphatic carbocycles. The van der Waals surface area contributed by atoms with Gasteiger partial charge in [0.05, 0.1) is 10.5 Å². The van der Waals surface area contributed by atoms with Crippen molar-refractivity contribution in [1.29, 1.82) is 0 Å². The highest BCUT2D eigenvalue weighted by molar-refractivity contribution is 5.98. The number of rotatable bonds is 4. The average Bonchev–Trinajstić information content (AvgIpc) is 2.46. The lowest BCUT2D eigenvalue weighted by molar-refractivity contribution is -0.384. The quantitative estimate of drug-likeness (QED) is 0.683. The van der Waals surface area contributed by atoms with Crippen LogP contribution in [0.4, 0.5) is 17.1 Å². The molecule has 0 unspecified atom stereocenters. The standard InChI is InChI=1S/C14H12N2O4/c1-15(10-6-3-2-4-7-10)13-11(14(17)18)8-5-9-12(13)16(19)20/h2-9H,1H3,(H,17,18). The van der Waals surface area contributed by atoms with Crippen molar-refractivity contribution in [2.75, 3.05) is 11.9 Å². The fourth-order valence-electron chi connectivity index (χ4n) is 1.98. The number of hydrogen-bond donors (Lipinski definition) is 1. The van der Waals surface area contributed by atoms with Crippen molar-refractivity contribution in [2.24, 2.45) is 0 Å². The second kappa shape index (κ2) is 5.40. The van der Waals surface area contributed by atoms with E-state index in [1.54, 1.807) is 31.3 Å². The fourth-order valence-corrected chi connectivity index (χ4v) is 1.98. The van der Waals surface area contributed by atoms with E-state index in [1.165, 1.54) is 23.1 Å². The van der Waals surface area contributed by atoms with E-state index in [1.807, 2.05) is 6.07 Å². The number of benzene rings is 2. The van der Waals surface area contributed by atoms with Gasteiger partial charge in [0.2, 0.25) is 0 Å². The third-order valence-corrected chi connectivity index (χ3v) is 2.92. The van der Waals surface area contributed by atoms with E-state index in [9.17, 15) is 20.0 Å². The first-order chi connectivity index (χ1) is 9.52. The Morgan fingerprint density at radius 1 is 1.15 bits per heavy atom. The number of anilines is 2. The molecule has 6 nitrogen and oxygen atoms in total. The SMILES string of the molecule is CN(c1ccccc1)c1c(C(=O)O)cccc1[N+](=O)[O-]. The van der Waals surface area contributed by atoms with Crippen LogP contribution in [-0.2, 0) is 0 Å². The number of nitro benzene ring substituents is 1. The zero-order valence-electron chi connectivity index (χ0n) is 10.7. The summed E-state index contributed by atoms with van der Waals surface area (Å²) in [4.78, 5) is 23.3. The first-order valence-corrected chi connectivity index (χ1v) is 5.82. The maximum absolute atomic E-state index is 11.3. The molecule has 0 radical (unpaired) electrons. The van der Waals surface area contributed by atoms with Gasteiger partial charge in [0.1, 0.15) is 5.69 Å². The zero-order valence-corrected chi connectivity index (χ0v) is 10.7. The highest BCUT2D eigenvalue weighted by Gasteiger charge is 2.25. The Labute approximate surface area is 115 Å². The van der Waals surface area contributed by atoms with Gasteiger partial charge in [0.25, 0.3) is 5.69 Å². The molecule has 0 atom stereocenters. The number of nitrogens with zero attached hydrogens (tertiary/aromatic N) is 2. The van der Waals surface area contributed by atoms with Gasteiger partial charge in [-0.2, -0.15) is 0 Å². The van der Waals surface area contributed by atoms with Crippen molar-refractivity contribution in [1.82, 2.24) is 0 Å². The van der Waals surface area contributed by atoms with Crippen LogP contribution in [0.1, 0.15) is 10.4 Å². The van der Waals surface area contributed by atoms with Crippen LogP contribution in [0.2, 0.25) is 0 Å². The molecule has 0 saturated carbocycles. The second-order valence-electron chi connectivity index (χ2n) is 4.13. The van der Waals surface area contributed by atoms with Crippen molar-refractivity contribution >= 4 is 23.0 Å². The number of carboxylic acids is 1. The minimum atomic E-state index is -1.20. The number of carboxylic acid groups (broad SMARTS) is 1. The number of carbonyl (C=O) groups is 1. The summed E-state index contributed by atoms with van der Waals surface area (Å²) in [5.74, 6) is -1.20. The lowest BCUT2D eigenvalue weighted by atomic mass is 10.1. The van der Waals surface area contributed by atoms with Gasteiger partial charge in [-0.05, 0) is 18.2 Å². The summed E-state index contributed by atoms with van der Waals surface area (Å²) in [5, 5.41) is 20.3. The first kappa shape index (κ1) is 13.5. The Bertz CT molecular complexity index is 623. The zero-order chi connectivity index (χ0) is 14.7. The van der Waals surface area contributed by atoms with Crippen LogP contribution in [0.5, 0.6) is 0 Å². The molecule has 0 heterocycles. The molecule has 2 aromatic carbocycles. The predicted molar refractivity (Wildman–Crippen MR) is 74.6 cm³/mol. The van der Waals surface area contributed by atoms with Crippen LogP contribution in [0.25, 0.3) is 0 Å². The topological polar surface area (TPSA) is 83.7 Å². The van der Waals surface area contributed by atoms with Crippen molar-refractivity contribution in [3.05, 3.63) is 64.2 Å². The van der Waals surface area contributed by atoms with E-state index >= 15 is 0 Å². The molecule has 1 N–H and O–H groups in total. The second-order valence-corrected chi connectivity index (χ2v) is 4.13. The van der Waals surface area contributed by atoms with Crippen LogP contribution < -0.4 is 4.90 Å². The summed E-state index contributed by atoms with van der Waals surface area (Å²) in [6, 6.07) is 12.9. The monoisotopic (exact) mass is 272 g/mol. The van der Waals surface area contributed by atoms with E-state index < -0.39 is 10.9 Å². The van der Waals surface area contributed by atoms with Crippen LogP contribution in [-0.4, -0.2) is 23.0 Å². The van der Waals surface area contributed by atoms with E-state index in [0.717, 1.165) is 0 Å². The predicted octanol–water partition coefficient (Wildman–Crippen LogP) is 3.06. The molecule has 6 heteroatoms. The lowest BCUT2D eigenvalue weighted by Gasteiger charge is -2.21. The van der Waals surface area contributed by atoms with Crippen LogP contribution >= 0.6 is 0 Å². The van der Waals surface area contributed by atoms with Crippen LogP contribution in [0.3, 0.4) is 0 Å². The Morgan fingerprint density at radius 2 is 1.80 bits per heavy atom. The Hall–Kier alpha value is -2.89. The number of nitro groups is 1. The summed E-state index contributed by atoms with van der Waals surface area (Å²) in [6.45, 7) is 0. The normalized spacial score (nSPS) is 10.1. The molecule has 102 valence electrons. The summed E-state index contributed by atoms with van der Waals surface area (Å²) in [6.07, 6.45) is 0. The smallest absolute Gasteiger partial charge is 0.338 e. The third-order valence-electron chi connectivity index (χ3n) is 2.92. The third kappa shape index (κ3) is 2.44. The summed E-state index contributed by atoms with van der Waals surface area (Å²) in [7, 11) is 1.60. The van der Waals surface area contributed by atoms with E-state index in [2.05, 4.69) is 0 Å². The van der Waals surface area contributed by atoms with Gasteiger partial charge in [-0.3, -0.25) is 10.1 Å². The maximum Gasteiger partial charge on any atom is 0.338 e. The molecule has 0 aromatic heterocycles. The fraction of sp³-hybridized carbons (Fsp3) is 0.0714. The number of para-hydroxylation sites is 2. The molecule has 0 spiro atoms. The van der Waals surface area contributed by atoms with Gasteiger partial charge >= 0.3 is 5.97 Å². The molecule has 0 aliphatic heterocycles. The highest BCUT2D eigenvalue weighted by atomic mass is 16.6. The van der Waals surface area contributed by atoms with E-state index in [4.69, 9.17) is 0 Å². The van der Waals surface area contributed by atoms with Gasteiger partial charge < -0.3 is 10.0 Å². The molecule has 20 heavy (non-hydrogen) atoms. The van der Waals surface area contributed by atoms with E-state index in [-0.39, 0.29) is 16.9 Å². The highest BCUT2D eigenvalue weighted by Crippen LogP contribution is 2.35. The molecule has 0 fully saturated rings. The summed E-state index contributed by atoms with van der Waals surface area (Å²) < 4.78 is 0. The molecular weight excluding hydrogens is 260 g/mol. The molecule has 2 rings (SSSR count). The van der Waals surface area contributed by atoms with Gasteiger partial charge in [0.15, 0.2) is 0 Å². The molecule has 0 bridgehead atoms. The van der Waals surface area contributed by atoms with Gasteiger partial charge in [-0.1, -0.05) is 24.3 Å². The maximum atomic E-state index is 11.3. The largest absolute Gasteiger partial charge is 0.478 e. The van der Waals surface area contributed by atoms with Gasteiger partial charge in [-0.15, -0.1) is 0 Å².